The number of hydrogen-bond acceptors (Lipinski definition) is 5. The molecule has 1 amide bonds. The van der Waals surface area contributed by atoms with Crippen molar-refractivity contribution in [2.45, 2.75) is 0 Å². The maximum atomic E-state index is 13.7. The molecule has 0 unspecified atom stereocenters. The third-order valence-electron chi connectivity index (χ3n) is 2.99. The maximum absolute atomic E-state index is 13.7. The second kappa shape index (κ2) is 6.18. The van der Waals surface area contributed by atoms with Crippen LogP contribution in [0.2, 0.25) is 0 Å². The number of carbonyl (C=O) groups excluding carboxylic acids is 1. The number of halogens is 1. The lowest BCUT2D eigenvalue weighted by Crippen LogP contribution is -2.17. The normalized spacial score (nSPS) is 10.3. The van der Waals surface area contributed by atoms with E-state index in [1.54, 1.807) is 36.4 Å². The van der Waals surface area contributed by atoms with Crippen LogP contribution in [0, 0.1) is 6.08 Å². The Hall–Kier alpha value is -3.35. The summed E-state index contributed by atoms with van der Waals surface area (Å²) in [6.07, 6.45) is 1.97. The van der Waals surface area contributed by atoms with Gasteiger partial charge in [0.05, 0.1) is 0 Å². The number of nitrogens with two attached hydrogens (primary N) is 1. The van der Waals surface area contributed by atoms with Crippen molar-refractivity contribution >= 4 is 5.91 Å². The van der Waals surface area contributed by atoms with Gasteiger partial charge >= 0.3 is 6.08 Å². The molecule has 0 saturated carbocycles. The van der Waals surface area contributed by atoms with Crippen LogP contribution >= 0.6 is 0 Å². The fourth-order valence-corrected chi connectivity index (χ4v) is 2.00. The van der Waals surface area contributed by atoms with Gasteiger partial charge in [0.15, 0.2) is 11.4 Å². The molecular weight excluding hydrogens is 299 g/mol. The Balaban J connectivity index is 2.20. The molecule has 0 aliphatic heterocycles. The SMILES string of the molecule is NC(=O)c1nc(F)nc(-c2ccncc2)c1Oc1ccccc1. The molecule has 3 rings (SSSR count). The monoisotopic (exact) mass is 310 g/mol. The van der Waals surface area contributed by atoms with Gasteiger partial charge in [0.2, 0.25) is 0 Å². The van der Waals surface area contributed by atoms with E-state index in [9.17, 15) is 9.18 Å². The third-order valence-corrected chi connectivity index (χ3v) is 2.99. The van der Waals surface area contributed by atoms with Crippen LogP contribution in [0.1, 0.15) is 10.5 Å². The molecule has 23 heavy (non-hydrogen) atoms. The van der Waals surface area contributed by atoms with Crippen LogP contribution in [-0.2, 0) is 0 Å². The quantitative estimate of drug-likeness (QED) is 0.748. The Morgan fingerprint density at radius 1 is 1.04 bits per heavy atom. The van der Waals surface area contributed by atoms with Gasteiger partial charge in [0.1, 0.15) is 11.4 Å². The Morgan fingerprint density at radius 3 is 2.39 bits per heavy atom. The highest BCUT2D eigenvalue weighted by atomic mass is 19.1. The highest BCUT2D eigenvalue weighted by Gasteiger charge is 2.22. The number of benzene rings is 1. The summed E-state index contributed by atoms with van der Waals surface area (Å²) in [6.45, 7) is 0. The van der Waals surface area contributed by atoms with Crippen LogP contribution in [0.25, 0.3) is 11.3 Å². The van der Waals surface area contributed by atoms with Gasteiger partial charge in [-0.25, -0.2) is 0 Å². The first-order chi connectivity index (χ1) is 11.1. The van der Waals surface area contributed by atoms with E-state index < -0.39 is 12.0 Å². The lowest BCUT2D eigenvalue weighted by atomic mass is 10.1. The molecule has 3 aromatic rings. The number of aromatic nitrogens is 3. The largest absolute Gasteiger partial charge is 0.453 e. The van der Waals surface area contributed by atoms with E-state index in [0.717, 1.165) is 0 Å². The smallest absolute Gasteiger partial charge is 0.310 e. The zero-order valence-corrected chi connectivity index (χ0v) is 11.8. The van der Waals surface area contributed by atoms with Crippen LogP contribution in [0.3, 0.4) is 0 Å². The van der Waals surface area contributed by atoms with Crippen molar-refractivity contribution in [3.63, 3.8) is 0 Å². The number of para-hydroxylation sites is 1. The van der Waals surface area contributed by atoms with Crippen molar-refractivity contribution in [1.82, 2.24) is 15.0 Å². The fraction of sp³-hybridized carbons (Fsp3) is 0. The van der Waals surface area contributed by atoms with Crippen LogP contribution < -0.4 is 10.5 Å². The number of hydrogen-bond donors (Lipinski definition) is 1. The van der Waals surface area contributed by atoms with Crippen LogP contribution in [0.4, 0.5) is 4.39 Å². The van der Waals surface area contributed by atoms with Gasteiger partial charge in [-0.2, -0.15) is 14.4 Å². The van der Waals surface area contributed by atoms with Crippen molar-refractivity contribution in [2.24, 2.45) is 5.73 Å². The lowest BCUT2D eigenvalue weighted by molar-refractivity contribution is 0.0991. The van der Waals surface area contributed by atoms with Crippen LogP contribution in [-0.4, -0.2) is 20.9 Å². The third kappa shape index (κ3) is 3.13. The topological polar surface area (TPSA) is 91.0 Å². The summed E-state index contributed by atoms with van der Waals surface area (Å²) in [5.41, 5.74) is 5.62. The molecule has 0 atom stereocenters. The van der Waals surface area contributed by atoms with E-state index >= 15 is 0 Å². The van der Waals surface area contributed by atoms with Gasteiger partial charge in [-0.1, -0.05) is 18.2 Å². The summed E-state index contributed by atoms with van der Waals surface area (Å²) in [4.78, 5) is 22.7. The van der Waals surface area contributed by atoms with E-state index in [4.69, 9.17) is 10.5 Å². The highest BCUT2D eigenvalue weighted by molar-refractivity contribution is 5.95. The molecule has 0 bridgehead atoms. The van der Waals surface area contributed by atoms with E-state index in [-0.39, 0.29) is 17.1 Å². The standard InChI is InChI=1S/C16H11FN4O2/c17-16-20-12(10-6-8-19-9-7-10)14(13(21-16)15(18)22)23-11-4-2-1-3-5-11/h1-9H,(H2,18,22). The molecule has 7 heteroatoms. The van der Waals surface area contributed by atoms with Crippen molar-refractivity contribution in [2.75, 3.05) is 0 Å². The number of nitrogens with zero attached hydrogens (tertiary/aromatic N) is 3. The van der Waals surface area contributed by atoms with Crippen molar-refractivity contribution in [3.8, 4) is 22.8 Å². The average Bonchev–Trinajstić information content (AvgIpc) is 2.57. The van der Waals surface area contributed by atoms with Gasteiger partial charge < -0.3 is 10.5 Å². The highest BCUT2D eigenvalue weighted by Crippen LogP contribution is 2.33. The molecule has 0 spiro atoms. The molecule has 0 aliphatic carbocycles. The summed E-state index contributed by atoms with van der Waals surface area (Å²) in [7, 11) is 0. The number of ether oxygens (including phenoxy) is 1. The lowest BCUT2D eigenvalue weighted by Gasteiger charge is -2.13. The van der Waals surface area contributed by atoms with Gasteiger partial charge in [-0.3, -0.25) is 9.78 Å². The minimum absolute atomic E-state index is 0.00343. The van der Waals surface area contributed by atoms with E-state index in [1.165, 1.54) is 12.4 Å². The fourth-order valence-electron chi connectivity index (χ4n) is 2.00. The predicted molar refractivity (Wildman–Crippen MR) is 80.3 cm³/mol. The first-order valence-electron chi connectivity index (χ1n) is 6.66. The molecule has 0 aliphatic rings. The molecule has 0 radical (unpaired) electrons. The number of carbonyl (C=O) groups is 1. The molecule has 2 aromatic heterocycles. The van der Waals surface area contributed by atoms with E-state index in [2.05, 4.69) is 15.0 Å². The number of pyridine rings is 1. The summed E-state index contributed by atoms with van der Waals surface area (Å²) in [5.74, 6) is -0.468. The van der Waals surface area contributed by atoms with Gasteiger partial charge in [0, 0.05) is 18.0 Å². The summed E-state index contributed by atoms with van der Waals surface area (Å²) in [6, 6.07) is 11.9. The minimum Gasteiger partial charge on any atom is -0.453 e. The molecule has 2 N–H and O–H groups in total. The molecule has 2 heterocycles. The number of amides is 1. The van der Waals surface area contributed by atoms with Crippen molar-refractivity contribution < 1.29 is 13.9 Å². The Kier molecular flexibility index (Phi) is 3.92. The summed E-state index contributed by atoms with van der Waals surface area (Å²) in [5, 5.41) is 0. The zero-order chi connectivity index (χ0) is 16.2. The summed E-state index contributed by atoms with van der Waals surface area (Å²) >= 11 is 0. The maximum Gasteiger partial charge on any atom is 0.310 e. The average molecular weight is 310 g/mol. The second-order valence-corrected chi connectivity index (χ2v) is 4.53. The Bertz CT molecular complexity index is 841. The Morgan fingerprint density at radius 2 is 1.74 bits per heavy atom. The van der Waals surface area contributed by atoms with Crippen LogP contribution in [0.5, 0.6) is 11.5 Å². The van der Waals surface area contributed by atoms with Gasteiger partial charge in [-0.05, 0) is 24.3 Å². The van der Waals surface area contributed by atoms with Crippen molar-refractivity contribution in [1.29, 1.82) is 0 Å². The predicted octanol–water partition coefficient (Wildman–Crippen LogP) is 2.57. The Labute approximate surface area is 130 Å². The second-order valence-electron chi connectivity index (χ2n) is 4.53. The molecule has 6 nitrogen and oxygen atoms in total. The van der Waals surface area contributed by atoms with Crippen molar-refractivity contribution in [3.05, 3.63) is 66.6 Å². The molecular formula is C16H11FN4O2. The number of primary amides is 1. The minimum atomic E-state index is -1.06. The molecule has 0 saturated heterocycles. The zero-order valence-electron chi connectivity index (χ0n) is 11.8. The van der Waals surface area contributed by atoms with Gasteiger partial charge in [0.25, 0.3) is 5.91 Å². The first kappa shape index (κ1) is 14.6. The summed E-state index contributed by atoms with van der Waals surface area (Å²) < 4.78 is 19.4. The van der Waals surface area contributed by atoms with Gasteiger partial charge in [-0.15, -0.1) is 0 Å². The molecule has 1 aromatic carbocycles. The number of rotatable bonds is 4. The first-order valence-corrected chi connectivity index (χ1v) is 6.66. The molecule has 114 valence electrons. The van der Waals surface area contributed by atoms with E-state index in [0.29, 0.717) is 11.3 Å². The van der Waals surface area contributed by atoms with E-state index in [1.807, 2.05) is 6.07 Å². The van der Waals surface area contributed by atoms with Crippen LogP contribution in [0.15, 0.2) is 54.9 Å². The molecule has 0 fully saturated rings.